The van der Waals surface area contributed by atoms with Crippen molar-refractivity contribution in [2.45, 2.75) is 277 Å². The average molecular weight is 921 g/mol. The van der Waals surface area contributed by atoms with E-state index in [2.05, 4.69) is 93.7 Å². The van der Waals surface area contributed by atoms with E-state index in [1.54, 1.807) is 0 Å². The Hall–Kier alpha value is -3.15. The molecule has 0 aromatic rings. The highest BCUT2D eigenvalue weighted by molar-refractivity contribution is 5.71. The molecule has 6 heteroatoms. The van der Waals surface area contributed by atoms with E-state index in [0.29, 0.717) is 19.3 Å². The van der Waals surface area contributed by atoms with Crippen LogP contribution in [-0.4, -0.2) is 37.2 Å². The van der Waals surface area contributed by atoms with E-state index in [4.69, 9.17) is 14.2 Å². The zero-order valence-electron chi connectivity index (χ0n) is 43.4. The van der Waals surface area contributed by atoms with Crippen LogP contribution in [0.25, 0.3) is 0 Å². The molecule has 380 valence electrons. The predicted molar refractivity (Wildman–Crippen MR) is 284 cm³/mol. The van der Waals surface area contributed by atoms with Gasteiger partial charge in [-0.3, -0.25) is 14.4 Å². The van der Waals surface area contributed by atoms with Crippen LogP contribution >= 0.6 is 0 Å². The zero-order chi connectivity index (χ0) is 47.9. The first-order chi connectivity index (χ1) is 32.5. The molecule has 0 heterocycles. The standard InChI is InChI=1S/C60H104O6/c1-4-7-10-13-16-18-20-22-23-24-25-26-27-28-29-30-31-32-33-34-35-36-37-39-40-42-44-47-50-53-59(62)65-56-57(55-64-58(61)52-49-46-15-12-9-6-3)66-60(63)54-51-48-45-43-41-38-21-19-17-14-11-8-5-2/h8,11,17,19-20,22,24-25,27-28,38,41,57H,4-7,9-10,12-16,18,21,23,26,29-37,39-40,42-56H2,1-3H3/b11-8-,19-17-,22-20-,25-24-,28-27-,41-38-. The van der Waals surface area contributed by atoms with Crippen LogP contribution in [0, 0.1) is 0 Å². The van der Waals surface area contributed by atoms with Gasteiger partial charge in [0.05, 0.1) is 0 Å². The van der Waals surface area contributed by atoms with Gasteiger partial charge in [-0.2, -0.15) is 0 Å². The molecule has 0 saturated heterocycles. The summed E-state index contributed by atoms with van der Waals surface area (Å²) in [5.41, 5.74) is 0. The van der Waals surface area contributed by atoms with Crippen LogP contribution < -0.4 is 0 Å². The van der Waals surface area contributed by atoms with Crippen molar-refractivity contribution in [1.82, 2.24) is 0 Å². The Morgan fingerprint density at radius 1 is 0.318 bits per heavy atom. The molecule has 6 nitrogen and oxygen atoms in total. The second-order valence-corrected chi connectivity index (χ2v) is 18.5. The molecule has 0 aromatic carbocycles. The van der Waals surface area contributed by atoms with Crippen molar-refractivity contribution in [3.63, 3.8) is 0 Å². The Kier molecular flexibility index (Phi) is 51.9. The fourth-order valence-corrected chi connectivity index (χ4v) is 7.76. The van der Waals surface area contributed by atoms with Crippen LogP contribution in [0.4, 0.5) is 0 Å². The third-order valence-electron chi connectivity index (χ3n) is 11.9. The number of hydrogen-bond acceptors (Lipinski definition) is 6. The van der Waals surface area contributed by atoms with Crippen LogP contribution in [0.15, 0.2) is 72.9 Å². The Morgan fingerprint density at radius 3 is 0.939 bits per heavy atom. The number of rotatable bonds is 50. The maximum absolute atomic E-state index is 12.7. The summed E-state index contributed by atoms with van der Waals surface area (Å²) in [4.78, 5) is 37.7. The highest BCUT2D eigenvalue weighted by atomic mass is 16.6. The fraction of sp³-hybridized carbons (Fsp3) is 0.750. The second kappa shape index (κ2) is 54.5. The minimum Gasteiger partial charge on any atom is -0.462 e. The summed E-state index contributed by atoms with van der Waals surface area (Å²) in [6.07, 6.45) is 69.4. The SMILES string of the molecule is CC/C=C\C/C=C\C/C=C\CCCCCC(=O)OC(COC(=O)CCCCCCCC)COC(=O)CCCCCCCCCCCCCCCC/C=C\C/C=C\C/C=C\CCCCCCC. The molecule has 0 aliphatic heterocycles. The van der Waals surface area contributed by atoms with Crippen molar-refractivity contribution < 1.29 is 28.6 Å². The van der Waals surface area contributed by atoms with Gasteiger partial charge in [-0.1, -0.05) is 235 Å². The molecule has 0 amide bonds. The van der Waals surface area contributed by atoms with Crippen LogP contribution in [0.3, 0.4) is 0 Å². The summed E-state index contributed by atoms with van der Waals surface area (Å²) in [6, 6.07) is 0. The summed E-state index contributed by atoms with van der Waals surface area (Å²) in [5, 5.41) is 0. The van der Waals surface area contributed by atoms with E-state index in [9.17, 15) is 14.4 Å². The van der Waals surface area contributed by atoms with Gasteiger partial charge in [0.1, 0.15) is 13.2 Å². The molecule has 1 atom stereocenters. The molecule has 0 fully saturated rings. The molecule has 0 rings (SSSR count). The number of ether oxygens (including phenoxy) is 3. The summed E-state index contributed by atoms with van der Waals surface area (Å²) in [6.45, 7) is 6.43. The second-order valence-electron chi connectivity index (χ2n) is 18.5. The number of carbonyl (C=O) groups is 3. The zero-order valence-corrected chi connectivity index (χ0v) is 43.4. The van der Waals surface area contributed by atoms with Gasteiger partial charge in [0.25, 0.3) is 0 Å². The number of esters is 3. The van der Waals surface area contributed by atoms with E-state index in [1.165, 1.54) is 135 Å². The van der Waals surface area contributed by atoms with Crippen LogP contribution in [0.2, 0.25) is 0 Å². The third-order valence-corrected chi connectivity index (χ3v) is 11.9. The molecule has 66 heavy (non-hydrogen) atoms. The lowest BCUT2D eigenvalue weighted by atomic mass is 10.0. The Balaban J connectivity index is 4.05. The molecule has 0 aromatic heterocycles. The van der Waals surface area contributed by atoms with Crippen LogP contribution in [-0.2, 0) is 28.6 Å². The van der Waals surface area contributed by atoms with Gasteiger partial charge in [0, 0.05) is 19.3 Å². The van der Waals surface area contributed by atoms with Crippen LogP contribution in [0.5, 0.6) is 0 Å². The maximum atomic E-state index is 12.7. The molecule has 1 unspecified atom stereocenters. The third kappa shape index (κ3) is 51.8. The van der Waals surface area contributed by atoms with Crippen molar-refractivity contribution in [2.75, 3.05) is 13.2 Å². The van der Waals surface area contributed by atoms with Gasteiger partial charge in [0.2, 0.25) is 0 Å². The van der Waals surface area contributed by atoms with Crippen molar-refractivity contribution in [1.29, 1.82) is 0 Å². The molecule has 0 N–H and O–H groups in total. The monoisotopic (exact) mass is 921 g/mol. The summed E-state index contributed by atoms with van der Waals surface area (Å²) >= 11 is 0. The molecule has 0 aliphatic carbocycles. The molecule has 0 radical (unpaired) electrons. The first kappa shape index (κ1) is 62.8. The number of unbranched alkanes of at least 4 members (excludes halogenated alkanes) is 27. The minimum atomic E-state index is -0.786. The molecular formula is C60H104O6. The van der Waals surface area contributed by atoms with Crippen molar-refractivity contribution in [3.05, 3.63) is 72.9 Å². The number of hydrogen-bond donors (Lipinski definition) is 0. The summed E-state index contributed by atoms with van der Waals surface area (Å²) < 4.78 is 16.7. The van der Waals surface area contributed by atoms with Gasteiger partial charge >= 0.3 is 17.9 Å². The molecular weight excluding hydrogens is 817 g/mol. The number of carbonyl (C=O) groups excluding carboxylic acids is 3. The van der Waals surface area contributed by atoms with E-state index >= 15 is 0 Å². The van der Waals surface area contributed by atoms with Crippen molar-refractivity contribution >= 4 is 17.9 Å². The van der Waals surface area contributed by atoms with Gasteiger partial charge in [-0.15, -0.1) is 0 Å². The highest BCUT2D eigenvalue weighted by Gasteiger charge is 2.19. The first-order valence-electron chi connectivity index (χ1n) is 27.9. The highest BCUT2D eigenvalue weighted by Crippen LogP contribution is 2.15. The smallest absolute Gasteiger partial charge is 0.306 e. The van der Waals surface area contributed by atoms with Gasteiger partial charge in [-0.05, 0) is 89.9 Å². The topological polar surface area (TPSA) is 78.9 Å². The lowest BCUT2D eigenvalue weighted by Crippen LogP contribution is -2.30. The Labute approximate surface area is 408 Å². The summed E-state index contributed by atoms with van der Waals surface area (Å²) in [5.74, 6) is -0.924. The molecule has 0 bridgehead atoms. The quantitative estimate of drug-likeness (QED) is 0.0262. The van der Waals surface area contributed by atoms with E-state index in [0.717, 1.165) is 96.3 Å². The number of allylic oxidation sites excluding steroid dienone is 12. The lowest BCUT2D eigenvalue weighted by Gasteiger charge is -2.18. The van der Waals surface area contributed by atoms with Gasteiger partial charge in [0.15, 0.2) is 6.10 Å². The van der Waals surface area contributed by atoms with Gasteiger partial charge < -0.3 is 14.2 Å². The normalized spacial score (nSPS) is 12.6. The predicted octanol–water partition coefficient (Wildman–Crippen LogP) is 18.6. The Bertz CT molecular complexity index is 1240. The van der Waals surface area contributed by atoms with E-state index in [1.807, 2.05) is 0 Å². The van der Waals surface area contributed by atoms with Gasteiger partial charge in [-0.25, -0.2) is 0 Å². The molecule has 0 spiro atoms. The van der Waals surface area contributed by atoms with E-state index in [-0.39, 0.29) is 31.1 Å². The summed E-state index contributed by atoms with van der Waals surface area (Å²) in [7, 11) is 0. The Morgan fingerprint density at radius 2 is 0.591 bits per heavy atom. The lowest BCUT2D eigenvalue weighted by molar-refractivity contribution is -0.167. The first-order valence-corrected chi connectivity index (χ1v) is 27.9. The maximum Gasteiger partial charge on any atom is 0.306 e. The molecule has 0 aliphatic rings. The van der Waals surface area contributed by atoms with E-state index < -0.39 is 6.10 Å². The largest absolute Gasteiger partial charge is 0.462 e. The van der Waals surface area contributed by atoms with Crippen molar-refractivity contribution in [3.8, 4) is 0 Å². The molecule has 0 saturated carbocycles. The van der Waals surface area contributed by atoms with Crippen LogP contribution in [0.1, 0.15) is 271 Å². The fourth-order valence-electron chi connectivity index (χ4n) is 7.76. The van der Waals surface area contributed by atoms with Crippen molar-refractivity contribution in [2.24, 2.45) is 0 Å². The average Bonchev–Trinajstić information content (AvgIpc) is 3.31. The minimum absolute atomic E-state index is 0.0864.